The quantitative estimate of drug-likeness (QED) is 0.826. The molecule has 1 aromatic rings. The van der Waals surface area contributed by atoms with Gasteiger partial charge in [-0.2, -0.15) is 24.9 Å². The number of nitrogens with one attached hydrogen (secondary N) is 1. The van der Waals surface area contributed by atoms with Crippen molar-refractivity contribution in [2.75, 3.05) is 31.5 Å². The van der Waals surface area contributed by atoms with Crippen LogP contribution in [-0.4, -0.2) is 40.8 Å². The molecular weight excluding hydrogens is 342 g/mol. The van der Waals surface area contributed by atoms with Gasteiger partial charge in [-0.3, -0.25) is 0 Å². The van der Waals surface area contributed by atoms with E-state index in [-0.39, 0.29) is 8.41 Å². The zero-order valence-electron chi connectivity index (χ0n) is 10.8. The van der Waals surface area contributed by atoms with Gasteiger partial charge in [-0.1, -0.05) is 0 Å². The van der Waals surface area contributed by atoms with Crippen LogP contribution < -0.4 is 10.1 Å². The summed E-state index contributed by atoms with van der Waals surface area (Å²) in [6.45, 7) is -1.05. The number of hydrogen-bond acceptors (Lipinski definition) is 3. The zero-order chi connectivity index (χ0) is 14.2. The Morgan fingerprint density at radius 2 is 1.84 bits per heavy atom. The molecule has 0 saturated heterocycles. The van der Waals surface area contributed by atoms with Gasteiger partial charge in [0, 0.05) is 14.1 Å². The number of hydrogen-bond donors (Lipinski definition) is 1. The van der Waals surface area contributed by atoms with Crippen molar-refractivity contribution in [1.82, 2.24) is 0 Å². The Morgan fingerprint density at radius 3 is 2.21 bits per heavy atom. The molecule has 3 radical (unpaired) electrons. The molecule has 107 valence electrons. The number of methoxy groups -OCH3 is 1. The Bertz CT molecular complexity index is 366. The average Bonchev–Trinajstić information content (AvgIpc) is 2.27. The van der Waals surface area contributed by atoms with Crippen LogP contribution in [0.4, 0.5) is 18.9 Å². The van der Waals surface area contributed by atoms with Crippen LogP contribution in [0.1, 0.15) is 0 Å². The maximum Gasteiger partial charge on any atom is 0.405 e. The molecule has 0 aliphatic rings. The molecule has 1 N–H and O–H groups in total. The highest BCUT2D eigenvalue weighted by Crippen LogP contribution is 2.28. The lowest BCUT2D eigenvalue weighted by molar-refractivity contribution is -0.115. The minimum absolute atomic E-state index is 0. The molecule has 0 fully saturated rings. The van der Waals surface area contributed by atoms with E-state index in [0.717, 1.165) is 0 Å². The third kappa shape index (κ3) is 10.0. The number of ether oxygens (including phenoxy) is 1. The van der Waals surface area contributed by atoms with Crippen molar-refractivity contribution in [1.29, 1.82) is 0 Å². The van der Waals surface area contributed by atoms with Crippen molar-refractivity contribution >= 4 is 41.8 Å². The molecule has 0 saturated carbocycles. The lowest BCUT2D eigenvalue weighted by atomic mass is 10.3. The molecule has 2 nitrogen and oxygen atoms in total. The first-order valence-electron chi connectivity index (χ1n) is 4.88. The van der Waals surface area contributed by atoms with E-state index in [0.29, 0.717) is 15.9 Å². The highest BCUT2D eigenvalue weighted by molar-refractivity contribution is 9.10. The second-order valence-corrected chi connectivity index (χ2v) is 4.90. The number of anilines is 1. The van der Waals surface area contributed by atoms with Crippen LogP contribution in [0.2, 0.25) is 0 Å². The van der Waals surface area contributed by atoms with Crippen LogP contribution >= 0.6 is 27.7 Å². The van der Waals surface area contributed by atoms with Crippen LogP contribution in [0, 0.1) is 0 Å². The van der Waals surface area contributed by atoms with Gasteiger partial charge < -0.3 is 10.1 Å². The zero-order valence-corrected chi connectivity index (χ0v) is 13.2. The summed E-state index contributed by atoms with van der Waals surface area (Å²) in [5.41, 5.74) is 0.389. The molecule has 0 atom stereocenters. The molecule has 1 rings (SSSR count). The highest BCUT2D eigenvalue weighted by atomic mass is 79.9. The summed E-state index contributed by atoms with van der Waals surface area (Å²) in [5.74, 6) is 0.576. The first kappa shape index (κ1) is 20.8. The molecule has 0 aromatic heterocycles. The predicted molar refractivity (Wildman–Crippen MR) is 80.4 cm³/mol. The van der Waals surface area contributed by atoms with Crippen LogP contribution in [0.15, 0.2) is 22.7 Å². The number of rotatable bonds is 3. The van der Waals surface area contributed by atoms with Crippen molar-refractivity contribution in [2.45, 2.75) is 6.18 Å². The monoisotopic (exact) mass is 356 g/mol. The van der Waals surface area contributed by atoms with Gasteiger partial charge in [-0.15, -0.1) is 0 Å². The van der Waals surface area contributed by atoms with Gasteiger partial charge in [0.2, 0.25) is 0 Å². The topological polar surface area (TPSA) is 21.3 Å². The lowest BCUT2D eigenvalue weighted by Crippen LogP contribution is -2.21. The number of benzene rings is 1. The average molecular weight is 357 g/mol. The highest BCUT2D eigenvalue weighted by Gasteiger charge is 2.26. The fraction of sp³-hybridized carbons (Fsp3) is 0.455. The molecule has 0 bridgehead atoms. The largest absolute Gasteiger partial charge is 0.496 e. The summed E-state index contributed by atoms with van der Waals surface area (Å²) in [7, 11) is 1.49. The van der Waals surface area contributed by atoms with Crippen LogP contribution in [0.5, 0.6) is 5.75 Å². The Hall–Kier alpha value is -0.495. The third-order valence-corrected chi connectivity index (χ3v) is 2.26. The summed E-state index contributed by atoms with van der Waals surface area (Å²) in [6.07, 6.45) is -0.133. The van der Waals surface area contributed by atoms with Gasteiger partial charge in [0.25, 0.3) is 0 Å². The Kier molecular flexibility index (Phi) is 11.3. The molecule has 0 aliphatic carbocycles. The molecule has 0 spiro atoms. The Labute approximate surface area is 126 Å². The summed E-state index contributed by atoms with van der Waals surface area (Å²) in [4.78, 5) is 0. The van der Waals surface area contributed by atoms with Gasteiger partial charge in [-0.25, -0.2) is 0 Å². The minimum atomic E-state index is -4.22. The van der Waals surface area contributed by atoms with E-state index in [4.69, 9.17) is 4.74 Å². The van der Waals surface area contributed by atoms with Gasteiger partial charge >= 0.3 is 6.18 Å². The van der Waals surface area contributed by atoms with Crippen LogP contribution in [0.25, 0.3) is 0 Å². The van der Waals surface area contributed by atoms with Gasteiger partial charge in [0.05, 0.1) is 11.6 Å². The molecule has 1 aromatic carbocycles. The van der Waals surface area contributed by atoms with Crippen LogP contribution in [-0.2, 0) is 0 Å². The Morgan fingerprint density at radius 1 is 1.32 bits per heavy atom. The lowest BCUT2D eigenvalue weighted by Gasteiger charge is -2.10. The smallest absolute Gasteiger partial charge is 0.405 e. The first-order chi connectivity index (χ1) is 8.34. The molecule has 0 heterocycles. The molecule has 19 heavy (non-hydrogen) atoms. The van der Waals surface area contributed by atoms with Crippen molar-refractivity contribution in [3.63, 3.8) is 0 Å². The molecule has 0 amide bonds. The summed E-state index contributed by atoms with van der Waals surface area (Å²) in [5, 5.41) is 2.27. The fourth-order valence-electron chi connectivity index (χ4n) is 0.979. The van der Waals surface area contributed by atoms with E-state index in [9.17, 15) is 13.2 Å². The van der Waals surface area contributed by atoms with Crippen molar-refractivity contribution in [2.24, 2.45) is 0 Å². The van der Waals surface area contributed by atoms with E-state index >= 15 is 0 Å². The number of halogens is 4. The first-order valence-corrected chi connectivity index (χ1v) is 7.31. The van der Waals surface area contributed by atoms with Gasteiger partial charge in [0.15, 0.2) is 0 Å². The van der Waals surface area contributed by atoms with Gasteiger partial charge in [0.1, 0.15) is 12.3 Å². The van der Waals surface area contributed by atoms with Crippen LogP contribution in [0.3, 0.4) is 0 Å². The SMILES string of the molecule is COc1ccc(NCC(F)(F)F)cc1Br.CSC.[B]. The summed E-state index contributed by atoms with van der Waals surface area (Å²) < 4.78 is 41.2. The molecular formula is C11H15BBrF3NOS. The minimum Gasteiger partial charge on any atom is -0.496 e. The van der Waals surface area contributed by atoms with E-state index < -0.39 is 12.7 Å². The summed E-state index contributed by atoms with van der Waals surface area (Å²) >= 11 is 4.93. The normalized spacial score (nSPS) is 9.84. The fourth-order valence-corrected chi connectivity index (χ4v) is 1.52. The second kappa shape index (κ2) is 10.3. The maximum absolute atomic E-state index is 11.9. The number of thioether (sulfide) groups is 1. The molecule has 0 unspecified atom stereocenters. The van der Waals surface area contributed by atoms with Crippen molar-refractivity contribution in [3.05, 3.63) is 22.7 Å². The van der Waals surface area contributed by atoms with E-state index in [2.05, 4.69) is 21.2 Å². The van der Waals surface area contributed by atoms with Gasteiger partial charge in [-0.05, 0) is 46.6 Å². The van der Waals surface area contributed by atoms with Crippen molar-refractivity contribution < 1.29 is 17.9 Å². The molecule has 8 heteroatoms. The van der Waals surface area contributed by atoms with E-state index in [1.807, 2.05) is 12.5 Å². The Balaban J connectivity index is 0. The maximum atomic E-state index is 11.9. The second-order valence-electron chi connectivity index (χ2n) is 3.23. The molecule has 0 aliphatic heterocycles. The standard InChI is InChI=1S/C9H9BrF3NO.C2H6S.B/c1-15-8-3-2-6(4-7(8)10)14-5-9(11,12)13;1-3-2;/h2-4,14H,5H2,1H3;1-2H3;. The van der Waals surface area contributed by atoms with Crippen molar-refractivity contribution in [3.8, 4) is 5.75 Å². The van der Waals surface area contributed by atoms with E-state index in [1.165, 1.54) is 19.2 Å². The van der Waals surface area contributed by atoms with E-state index in [1.54, 1.807) is 17.8 Å². The number of alkyl halides is 3. The third-order valence-electron chi connectivity index (χ3n) is 1.64. The summed E-state index contributed by atoms with van der Waals surface area (Å²) in [6, 6.07) is 4.64. The predicted octanol–water partition coefficient (Wildman–Crippen LogP) is 4.03.